The molecule has 0 spiro atoms. The molecule has 0 rings (SSSR count). The van der Waals surface area contributed by atoms with Crippen LogP contribution in [0.15, 0.2) is 0 Å². The second-order valence-corrected chi connectivity index (χ2v) is 3.23. The highest BCUT2D eigenvalue weighted by molar-refractivity contribution is 7.80. The van der Waals surface area contributed by atoms with Crippen LogP contribution in [0.3, 0.4) is 0 Å². The Hall–Kier alpha value is 0.530. The summed E-state index contributed by atoms with van der Waals surface area (Å²) in [5.74, 6) is 0.127. The lowest BCUT2D eigenvalue weighted by atomic mass is 11.7. The normalized spacial score (nSPS) is 17.9. The van der Waals surface area contributed by atoms with Crippen LogP contribution in [0.4, 0.5) is 0 Å². The maximum atomic E-state index is 8.83. The van der Waals surface area contributed by atoms with Crippen molar-refractivity contribution in [3.8, 4) is 0 Å². The van der Waals surface area contributed by atoms with E-state index in [4.69, 9.17) is 4.89 Å². The van der Waals surface area contributed by atoms with E-state index in [9.17, 15) is 0 Å². The lowest BCUT2D eigenvalue weighted by Crippen LogP contribution is -1.88. The SMILES string of the molecule is C=P(O)(OC)OCS. The highest BCUT2D eigenvalue weighted by Crippen LogP contribution is 2.41. The third-order valence-corrected chi connectivity index (χ3v) is 1.98. The van der Waals surface area contributed by atoms with Crippen molar-refractivity contribution in [1.82, 2.24) is 0 Å². The molecule has 1 N–H and O–H groups in total. The smallest absolute Gasteiger partial charge is 0.248 e. The molecule has 0 saturated carbocycles. The Balaban J connectivity index is 3.55. The Kier molecular flexibility index (Phi) is 3.77. The molecule has 1 unspecified atom stereocenters. The molecule has 8 heavy (non-hydrogen) atoms. The zero-order chi connectivity index (χ0) is 6.62. The third kappa shape index (κ3) is 3.52. The summed E-state index contributed by atoms with van der Waals surface area (Å²) in [7, 11) is -1.41. The van der Waals surface area contributed by atoms with Gasteiger partial charge in [-0.15, -0.1) is 0 Å². The first-order valence-electron chi connectivity index (χ1n) is 1.89. The molecule has 0 aliphatic carbocycles. The minimum absolute atomic E-state index is 0.127. The third-order valence-electron chi connectivity index (χ3n) is 0.545. The van der Waals surface area contributed by atoms with Crippen molar-refractivity contribution >= 4 is 26.5 Å². The van der Waals surface area contributed by atoms with Crippen LogP contribution in [0.25, 0.3) is 0 Å². The van der Waals surface area contributed by atoms with Crippen LogP contribution in [-0.4, -0.2) is 24.2 Å². The maximum Gasteiger partial charge on any atom is 0.248 e. The lowest BCUT2D eigenvalue weighted by Gasteiger charge is -2.12. The average molecular weight is 156 g/mol. The number of hydrogen-bond acceptors (Lipinski definition) is 4. The molecule has 50 valence electrons. The molecule has 0 aliphatic heterocycles. The summed E-state index contributed by atoms with van der Waals surface area (Å²) < 4.78 is 9.04. The molecule has 0 amide bonds. The number of rotatable bonds is 3. The van der Waals surface area contributed by atoms with Crippen molar-refractivity contribution in [2.24, 2.45) is 0 Å². The summed E-state index contributed by atoms with van der Waals surface area (Å²) in [6.45, 7) is 0. The predicted octanol–water partition coefficient (Wildman–Crippen LogP) is 0.724. The van der Waals surface area contributed by atoms with Crippen molar-refractivity contribution in [2.45, 2.75) is 0 Å². The Labute approximate surface area is 54.2 Å². The van der Waals surface area contributed by atoms with Gasteiger partial charge in [0.25, 0.3) is 0 Å². The first-order chi connectivity index (χ1) is 3.62. The van der Waals surface area contributed by atoms with Crippen LogP contribution in [0.5, 0.6) is 0 Å². The quantitative estimate of drug-likeness (QED) is 0.359. The monoisotopic (exact) mass is 156 g/mol. The summed E-state index contributed by atoms with van der Waals surface area (Å²) >= 11 is 3.69. The van der Waals surface area contributed by atoms with Crippen molar-refractivity contribution in [3.63, 3.8) is 0 Å². The fourth-order valence-electron chi connectivity index (χ4n) is 0.143. The summed E-state index contributed by atoms with van der Waals surface area (Å²) in [6.07, 6.45) is 3.25. The van der Waals surface area contributed by atoms with Gasteiger partial charge in [0.1, 0.15) is 0 Å². The van der Waals surface area contributed by atoms with E-state index in [1.165, 1.54) is 7.11 Å². The largest absolute Gasteiger partial charge is 0.333 e. The van der Waals surface area contributed by atoms with Gasteiger partial charge in [-0.25, -0.2) is 0 Å². The zero-order valence-electron chi connectivity index (χ0n) is 4.57. The van der Waals surface area contributed by atoms with Gasteiger partial charge in [0.05, 0.1) is 5.94 Å². The molecule has 0 radical (unpaired) electrons. The van der Waals surface area contributed by atoms with E-state index in [-0.39, 0.29) is 5.94 Å². The van der Waals surface area contributed by atoms with Gasteiger partial charge in [0, 0.05) is 7.11 Å². The summed E-state index contributed by atoms with van der Waals surface area (Å²) in [6, 6.07) is 0. The second kappa shape index (κ2) is 3.54. The van der Waals surface area contributed by atoms with E-state index in [1.54, 1.807) is 0 Å². The number of thiol groups is 1. The molecule has 0 aromatic carbocycles. The van der Waals surface area contributed by atoms with E-state index < -0.39 is 7.57 Å². The van der Waals surface area contributed by atoms with E-state index in [1.807, 2.05) is 0 Å². The van der Waals surface area contributed by atoms with Gasteiger partial charge < -0.3 is 13.9 Å². The van der Waals surface area contributed by atoms with Crippen LogP contribution >= 0.6 is 20.2 Å². The first kappa shape index (κ1) is 8.53. The molecule has 0 heterocycles. The molecule has 3 nitrogen and oxygen atoms in total. The molecule has 1 atom stereocenters. The van der Waals surface area contributed by atoms with Gasteiger partial charge in [-0.2, -0.15) is 12.6 Å². The highest BCUT2D eigenvalue weighted by Gasteiger charge is 2.05. The second-order valence-electron chi connectivity index (χ2n) is 1.08. The molecular weight excluding hydrogens is 147 g/mol. The first-order valence-corrected chi connectivity index (χ1v) is 4.29. The van der Waals surface area contributed by atoms with Crippen LogP contribution < -0.4 is 0 Å². The van der Waals surface area contributed by atoms with E-state index in [0.717, 1.165) is 0 Å². The topological polar surface area (TPSA) is 38.7 Å². The average Bonchev–Trinajstić information content (AvgIpc) is 1.67. The standard InChI is InChI=1S/C3H9O3PS/c1-5-7(2,4)6-3-8/h4,8H,2-3H2,1H3. The van der Waals surface area contributed by atoms with Gasteiger partial charge in [-0.05, 0) is 6.30 Å². The minimum Gasteiger partial charge on any atom is -0.333 e. The maximum absolute atomic E-state index is 8.83. The van der Waals surface area contributed by atoms with E-state index in [2.05, 4.69) is 28.0 Å². The molecule has 0 aliphatic rings. The van der Waals surface area contributed by atoms with Crippen LogP contribution in [0.2, 0.25) is 0 Å². The van der Waals surface area contributed by atoms with Crippen LogP contribution in [0, 0.1) is 0 Å². The van der Waals surface area contributed by atoms with Crippen LogP contribution in [0.1, 0.15) is 0 Å². The Bertz CT molecular complexity index is 105. The number of hydrogen-bond donors (Lipinski definition) is 2. The van der Waals surface area contributed by atoms with Gasteiger partial charge in [0.15, 0.2) is 0 Å². The molecule has 0 aromatic rings. The molecule has 5 heteroatoms. The van der Waals surface area contributed by atoms with Crippen molar-refractivity contribution in [1.29, 1.82) is 0 Å². The summed E-state index contributed by atoms with van der Waals surface area (Å²) in [5.41, 5.74) is 0. The molecule has 0 aromatic heterocycles. The van der Waals surface area contributed by atoms with Gasteiger partial charge >= 0.3 is 0 Å². The van der Waals surface area contributed by atoms with Crippen molar-refractivity contribution in [2.75, 3.05) is 13.0 Å². The molecular formula is C3H9O3PS. The fourth-order valence-corrected chi connectivity index (χ4v) is 0.970. The summed E-state index contributed by atoms with van der Waals surface area (Å²) in [5, 5.41) is 0. The Morgan fingerprint density at radius 2 is 2.38 bits per heavy atom. The summed E-state index contributed by atoms with van der Waals surface area (Å²) in [4.78, 5) is 8.83. The predicted molar refractivity (Wildman–Crippen MR) is 38.2 cm³/mol. The lowest BCUT2D eigenvalue weighted by molar-refractivity contribution is 0.257. The molecule has 0 bridgehead atoms. The zero-order valence-corrected chi connectivity index (χ0v) is 6.36. The fraction of sp³-hybridized carbons (Fsp3) is 0.667. The van der Waals surface area contributed by atoms with Crippen molar-refractivity contribution < 1.29 is 13.9 Å². The van der Waals surface area contributed by atoms with Crippen LogP contribution in [-0.2, 0) is 9.05 Å². The molecule has 0 saturated heterocycles. The Morgan fingerprint density at radius 1 is 1.88 bits per heavy atom. The van der Waals surface area contributed by atoms with Crippen molar-refractivity contribution in [3.05, 3.63) is 0 Å². The Morgan fingerprint density at radius 3 is 2.50 bits per heavy atom. The highest BCUT2D eigenvalue weighted by atomic mass is 32.1. The van der Waals surface area contributed by atoms with Gasteiger partial charge in [0.2, 0.25) is 7.57 Å². The molecule has 0 fully saturated rings. The van der Waals surface area contributed by atoms with E-state index in [0.29, 0.717) is 0 Å². The minimum atomic E-state index is -2.75. The van der Waals surface area contributed by atoms with E-state index >= 15 is 0 Å². The van der Waals surface area contributed by atoms with Gasteiger partial charge in [-0.1, -0.05) is 0 Å². The van der Waals surface area contributed by atoms with Gasteiger partial charge in [-0.3, -0.25) is 0 Å².